The minimum atomic E-state index is 0.597. The number of thiol groups is 1. The van der Waals surface area contributed by atoms with Crippen LogP contribution in [0.4, 0.5) is 0 Å². The van der Waals surface area contributed by atoms with Gasteiger partial charge in [-0.25, -0.2) is 0 Å². The van der Waals surface area contributed by atoms with Crippen LogP contribution in [0.3, 0.4) is 0 Å². The Bertz CT molecular complexity index is 263. The summed E-state index contributed by atoms with van der Waals surface area (Å²) in [6, 6.07) is 0. The zero-order valence-corrected chi connectivity index (χ0v) is 12.7. The molecule has 1 spiro atoms. The molecule has 0 unspecified atom stereocenters. The van der Waals surface area contributed by atoms with Gasteiger partial charge in [0.25, 0.3) is 0 Å². The van der Waals surface area contributed by atoms with Crippen molar-refractivity contribution in [3.63, 3.8) is 0 Å². The van der Waals surface area contributed by atoms with Crippen LogP contribution in [-0.4, -0.2) is 30.3 Å². The standard InChI is InChI=1S/C16H29NS/c18-14-16(7-4-8-16)13-17-11-9-15(10-12-17)5-2-1-3-6-15/h18H,1-14H2. The van der Waals surface area contributed by atoms with Gasteiger partial charge in [0, 0.05) is 6.54 Å². The smallest absolute Gasteiger partial charge is 0.00458 e. The zero-order chi connectivity index (χ0) is 12.5. The Kier molecular flexibility index (Phi) is 3.96. The van der Waals surface area contributed by atoms with E-state index in [1.807, 2.05) is 0 Å². The highest BCUT2D eigenvalue weighted by Crippen LogP contribution is 2.47. The fourth-order valence-electron chi connectivity index (χ4n) is 4.50. The predicted molar refractivity (Wildman–Crippen MR) is 81.3 cm³/mol. The Morgan fingerprint density at radius 3 is 1.94 bits per heavy atom. The van der Waals surface area contributed by atoms with Crippen LogP contribution >= 0.6 is 12.6 Å². The Labute approximate surface area is 118 Å². The first-order chi connectivity index (χ1) is 8.76. The van der Waals surface area contributed by atoms with Gasteiger partial charge in [0.15, 0.2) is 0 Å². The van der Waals surface area contributed by atoms with Gasteiger partial charge in [-0.3, -0.25) is 0 Å². The molecule has 1 heterocycles. The molecule has 104 valence electrons. The molecule has 3 fully saturated rings. The number of rotatable bonds is 3. The molecule has 0 N–H and O–H groups in total. The molecule has 1 aliphatic heterocycles. The molecular formula is C16H29NS. The molecule has 1 saturated heterocycles. The van der Waals surface area contributed by atoms with Crippen LogP contribution in [0.25, 0.3) is 0 Å². The Balaban J connectivity index is 1.50. The highest BCUT2D eigenvalue weighted by atomic mass is 32.1. The van der Waals surface area contributed by atoms with Crippen molar-refractivity contribution in [1.82, 2.24) is 4.90 Å². The number of hydrogen-bond acceptors (Lipinski definition) is 2. The van der Waals surface area contributed by atoms with E-state index in [0.717, 1.165) is 11.2 Å². The lowest BCUT2D eigenvalue weighted by Crippen LogP contribution is -2.48. The fraction of sp³-hybridized carbons (Fsp3) is 1.00. The van der Waals surface area contributed by atoms with Crippen LogP contribution in [-0.2, 0) is 0 Å². The minimum Gasteiger partial charge on any atom is -0.303 e. The quantitative estimate of drug-likeness (QED) is 0.752. The van der Waals surface area contributed by atoms with E-state index in [0.29, 0.717) is 5.41 Å². The maximum Gasteiger partial charge on any atom is 0.00458 e. The van der Waals surface area contributed by atoms with Crippen molar-refractivity contribution >= 4 is 12.6 Å². The number of piperidine rings is 1. The predicted octanol–water partition coefficient (Wildman–Crippen LogP) is 4.13. The second-order valence-corrected chi connectivity index (χ2v) is 7.66. The van der Waals surface area contributed by atoms with Gasteiger partial charge in [-0.15, -0.1) is 0 Å². The van der Waals surface area contributed by atoms with E-state index < -0.39 is 0 Å². The largest absolute Gasteiger partial charge is 0.303 e. The molecule has 3 rings (SSSR count). The van der Waals surface area contributed by atoms with Gasteiger partial charge in [-0.05, 0) is 68.2 Å². The summed E-state index contributed by atoms with van der Waals surface area (Å²) < 4.78 is 0. The van der Waals surface area contributed by atoms with Crippen molar-refractivity contribution in [3.05, 3.63) is 0 Å². The highest BCUT2D eigenvalue weighted by molar-refractivity contribution is 7.80. The highest BCUT2D eigenvalue weighted by Gasteiger charge is 2.40. The normalized spacial score (nSPS) is 31.2. The maximum absolute atomic E-state index is 4.60. The lowest BCUT2D eigenvalue weighted by molar-refractivity contribution is 0.0247. The van der Waals surface area contributed by atoms with Crippen LogP contribution in [0.5, 0.6) is 0 Å². The summed E-state index contributed by atoms with van der Waals surface area (Å²) in [6.07, 6.45) is 14.8. The van der Waals surface area contributed by atoms with E-state index in [2.05, 4.69) is 17.5 Å². The number of nitrogens with zero attached hydrogens (tertiary/aromatic N) is 1. The van der Waals surface area contributed by atoms with Crippen LogP contribution < -0.4 is 0 Å². The molecule has 0 atom stereocenters. The van der Waals surface area contributed by atoms with Crippen LogP contribution in [0.2, 0.25) is 0 Å². The Morgan fingerprint density at radius 2 is 1.44 bits per heavy atom. The van der Waals surface area contributed by atoms with Crippen molar-refractivity contribution in [1.29, 1.82) is 0 Å². The molecule has 2 saturated carbocycles. The third kappa shape index (κ3) is 2.60. The van der Waals surface area contributed by atoms with Gasteiger partial charge in [-0.1, -0.05) is 25.7 Å². The molecule has 0 aromatic rings. The molecule has 2 heteroatoms. The summed E-state index contributed by atoms with van der Waals surface area (Å²) in [7, 11) is 0. The summed E-state index contributed by atoms with van der Waals surface area (Å²) in [5.74, 6) is 1.11. The molecule has 1 nitrogen and oxygen atoms in total. The SMILES string of the molecule is SCC1(CN2CCC3(CCCCC3)CC2)CCC1. The molecule has 0 aromatic carbocycles. The molecule has 0 radical (unpaired) electrons. The number of hydrogen-bond donors (Lipinski definition) is 1. The van der Waals surface area contributed by atoms with Gasteiger partial charge in [0.05, 0.1) is 0 Å². The fourth-order valence-corrected chi connectivity index (χ4v) is 4.92. The Morgan fingerprint density at radius 1 is 0.778 bits per heavy atom. The molecule has 0 amide bonds. The van der Waals surface area contributed by atoms with E-state index in [-0.39, 0.29) is 0 Å². The van der Waals surface area contributed by atoms with Crippen molar-refractivity contribution in [2.75, 3.05) is 25.4 Å². The molecule has 0 aromatic heterocycles. The van der Waals surface area contributed by atoms with Gasteiger partial charge >= 0.3 is 0 Å². The van der Waals surface area contributed by atoms with E-state index in [1.54, 1.807) is 0 Å². The van der Waals surface area contributed by atoms with Crippen LogP contribution in [0, 0.1) is 10.8 Å². The van der Waals surface area contributed by atoms with Crippen molar-refractivity contribution in [3.8, 4) is 0 Å². The topological polar surface area (TPSA) is 3.24 Å². The molecule has 0 bridgehead atoms. The second-order valence-electron chi connectivity index (χ2n) is 7.35. The van der Waals surface area contributed by atoms with E-state index in [1.165, 1.54) is 83.8 Å². The Hall–Kier alpha value is 0.310. The minimum absolute atomic E-state index is 0.597. The average Bonchev–Trinajstić information content (AvgIpc) is 2.37. The summed E-state index contributed by atoms with van der Waals surface area (Å²) in [4.78, 5) is 2.76. The van der Waals surface area contributed by atoms with Gasteiger partial charge in [0.1, 0.15) is 0 Å². The summed E-state index contributed by atoms with van der Waals surface area (Å²) in [5.41, 5.74) is 1.36. The van der Waals surface area contributed by atoms with E-state index in [4.69, 9.17) is 0 Å². The lowest BCUT2D eigenvalue weighted by Gasteiger charge is -2.49. The molecule has 2 aliphatic carbocycles. The molecular weight excluding hydrogens is 238 g/mol. The summed E-state index contributed by atoms with van der Waals surface area (Å²) in [6.45, 7) is 4.08. The van der Waals surface area contributed by atoms with Gasteiger partial charge in [0.2, 0.25) is 0 Å². The van der Waals surface area contributed by atoms with Gasteiger partial charge in [-0.2, -0.15) is 12.6 Å². The van der Waals surface area contributed by atoms with Crippen LogP contribution in [0.1, 0.15) is 64.2 Å². The van der Waals surface area contributed by atoms with Gasteiger partial charge < -0.3 is 4.90 Å². The second kappa shape index (κ2) is 5.36. The number of likely N-dealkylation sites (tertiary alicyclic amines) is 1. The lowest BCUT2D eigenvalue weighted by atomic mass is 9.66. The monoisotopic (exact) mass is 267 g/mol. The zero-order valence-electron chi connectivity index (χ0n) is 11.8. The summed E-state index contributed by atoms with van der Waals surface area (Å²) >= 11 is 4.60. The first kappa shape index (κ1) is 13.3. The maximum atomic E-state index is 4.60. The first-order valence-corrected chi connectivity index (χ1v) is 8.73. The van der Waals surface area contributed by atoms with E-state index in [9.17, 15) is 0 Å². The first-order valence-electron chi connectivity index (χ1n) is 8.09. The van der Waals surface area contributed by atoms with Crippen molar-refractivity contribution < 1.29 is 0 Å². The van der Waals surface area contributed by atoms with Crippen molar-refractivity contribution in [2.45, 2.75) is 64.2 Å². The van der Waals surface area contributed by atoms with Crippen LogP contribution in [0.15, 0.2) is 0 Å². The summed E-state index contributed by atoms with van der Waals surface area (Å²) in [5, 5.41) is 0. The average molecular weight is 267 g/mol. The third-order valence-corrected chi connectivity index (χ3v) is 6.81. The van der Waals surface area contributed by atoms with Crippen molar-refractivity contribution in [2.24, 2.45) is 10.8 Å². The molecule has 18 heavy (non-hydrogen) atoms. The molecule has 3 aliphatic rings. The third-order valence-electron chi connectivity index (χ3n) is 6.14. The van der Waals surface area contributed by atoms with E-state index >= 15 is 0 Å².